The maximum atomic E-state index is 14.7. The molecule has 3 heterocycles. The van der Waals surface area contributed by atoms with E-state index in [1.54, 1.807) is 28.4 Å². The predicted octanol–water partition coefficient (Wildman–Crippen LogP) is 3.47. The number of hydrogen-bond acceptors (Lipinski definition) is 8. The van der Waals surface area contributed by atoms with E-state index in [2.05, 4.69) is 15.3 Å². The molecule has 0 aliphatic heterocycles. The third-order valence-corrected chi connectivity index (χ3v) is 7.09. The van der Waals surface area contributed by atoms with Crippen LogP contribution in [0.25, 0.3) is 33.2 Å². The number of halogens is 1. The van der Waals surface area contributed by atoms with Gasteiger partial charge in [-0.2, -0.15) is 5.10 Å². The van der Waals surface area contributed by atoms with Gasteiger partial charge in [0.25, 0.3) is 5.56 Å². The summed E-state index contributed by atoms with van der Waals surface area (Å²) >= 11 is 0. The molecule has 10 nitrogen and oxygen atoms in total. The zero-order valence-corrected chi connectivity index (χ0v) is 21.0. The molecule has 1 aliphatic rings. The van der Waals surface area contributed by atoms with Crippen molar-refractivity contribution in [2.45, 2.75) is 44.5 Å². The van der Waals surface area contributed by atoms with E-state index in [1.165, 1.54) is 12.4 Å². The van der Waals surface area contributed by atoms with Crippen LogP contribution >= 0.6 is 0 Å². The van der Waals surface area contributed by atoms with Crippen LogP contribution in [0.3, 0.4) is 0 Å². The average Bonchev–Trinajstić information content (AvgIpc) is 3.69. The minimum Gasteiger partial charge on any atom is -0.383 e. The normalized spacial score (nSPS) is 15.3. The van der Waals surface area contributed by atoms with Crippen LogP contribution in [0.2, 0.25) is 0 Å². The predicted molar refractivity (Wildman–Crippen MR) is 142 cm³/mol. The van der Waals surface area contributed by atoms with Crippen molar-refractivity contribution in [3.05, 3.63) is 76.4 Å². The van der Waals surface area contributed by atoms with E-state index in [9.17, 15) is 14.3 Å². The molecular formula is C27H27FN8O2. The molecule has 5 aromatic rings. The number of nitrogens with one attached hydrogen (secondary N) is 1. The molecular weight excluding hydrogens is 487 g/mol. The Balaban J connectivity index is 1.57. The Morgan fingerprint density at radius 3 is 2.61 bits per heavy atom. The molecule has 2 unspecified atom stereocenters. The van der Waals surface area contributed by atoms with Gasteiger partial charge in [-0.15, -0.1) is 0 Å². The molecule has 1 fully saturated rings. The second-order valence-corrected chi connectivity index (χ2v) is 9.50. The van der Waals surface area contributed by atoms with Gasteiger partial charge in [0.2, 0.25) is 0 Å². The van der Waals surface area contributed by atoms with Crippen molar-refractivity contribution in [1.29, 1.82) is 0 Å². The molecule has 3 aromatic heterocycles. The number of rotatable bonds is 7. The van der Waals surface area contributed by atoms with Crippen LogP contribution in [-0.2, 0) is 0 Å². The van der Waals surface area contributed by atoms with Crippen molar-refractivity contribution >= 4 is 27.8 Å². The first-order valence-corrected chi connectivity index (χ1v) is 12.6. The highest BCUT2D eigenvalue weighted by Gasteiger charge is 2.33. The minimum absolute atomic E-state index is 0.000527. The molecule has 0 amide bonds. The molecule has 0 saturated heterocycles. The maximum absolute atomic E-state index is 14.7. The number of aliphatic hydroxyl groups excluding tert-OH is 1. The quantitative estimate of drug-likeness (QED) is 0.281. The molecule has 11 heteroatoms. The van der Waals surface area contributed by atoms with Gasteiger partial charge in [-0.05, 0) is 44.0 Å². The highest BCUT2D eigenvalue weighted by atomic mass is 19.1. The third kappa shape index (κ3) is 3.82. The largest absolute Gasteiger partial charge is 0.383 e. The fourth-order valence-corrected chi connectivity index (χ4v) is 5.01. The minimum atomic E-state index is -0.792. The molecule has 2 aromatic carbocycles. The smallest absolute Gasteiger partial charge is 0.264 e. The van der Waals surface area contributed by atoms with Gasteiger partial charge in [0, 0.05) is 11.6 Å². The lowest BCUT2D eigenvalue weighted by Crippen LogP contribution is -2.29. The average molecular weight is 515 g/mol. The Morgan fingerprint density at radius 1 is 1.16 bits per heavy atom. The fraction of sp³-hybridized carbons (Fsp3) is 0.296. The number of fused-ring (bicyclic) bond motifs is 2. The number of benzene rings is 2. The highest BCUT2D eigenvalue weighted by molar-refractivity contribution is 5.98. The fourth-order valence-electron chi connectivity index (χ4n) is 5.01. The first-order chi connectivity index (χ1) is 18.4. The van der Waals surface area contributed by atoms with E-state index in [0.717, 1.165) is 18.4 Å². The van der Waals surface area contributed by atoms with Crippen LogP contribution in [0.5, 0.6) is 0 Å². The van der Waals surface area contributed by atoms with Crippen molar-refractivity contribution < 1.29 is 9.50 Å². The van der Waals surface area contributed by atoms with Crippen LogP contribution < -0.4 is 16.6 Å². The van der Waals surface area contributed by atoms with E-state index in [4.69, 9.17) is 15.8 Å². The van der Waals surface area contributed by atoms with E-state index >= 15 is 0 Å². The molecule has 1 aliphatic carbocycles. The summed E-state index contributed by atoms with van der Waals surface area (Å²) in [5.41, 5.74) is 8.81. The summed E-state index contributed by atoms with van der Waals surface area (Å²) in [4.78, 5) is 27.1. The van der Waals surface area contributed by atoms with Gasteiger partial charge in [-0.25, -0.2) is 24.0 Å². The van der Waals surface area contributed by atoms with Gasteiger partial charge in [0.1, 0.15) is 47.1 Å². The number of aromatic nitrogens is 6. The summed E-state index contributed by atoms with van der Waals surface area (Å²) in [5, 5.41) is 18.4. The third-order valence-electron chi connectivity index (χ3n) is 7.09. The molecule has 194 valence electrons. The number of aliphatic hydroxyl groups is 1. The molecule has 6 rings (SSSR count). The number of nitrogens with zero attached hydrogens (tertiary/aromatic N) is 6. The van der Waals surface area contributed by atoms with Crippen molar-refractivity contribution in [3.63, 3.8) is 0 Å². The Bertz CT molecular complexity index is 1730. The standard InChI is InChI=1S/C27H27FN8O2/c1-3-19(24-33-18-6-4-5-17(28)20(18)27(38)35(24)16-11-12-16)36-25-21(23(29)31-13-32-25)22(34-36)14-7-9-15(10-8-14)26(37)30-2/h4-10,13,16,19,26,30,37H,3,11-12H2,1-2H3,(H2,29,31,32). The number of nitrogen functional groups attached to an aromatic ring is 1. The molecule has 1 saturated carbocycles. The summed E-state index contributed by atoms with van der Waals surface area (Å²) in [6.07, 6.45) is 2.80. The molecule has 2 atom stereocenters. The van der Waals surface area contributed by atoms with Crippen LogP contribution in [0.15, 0.2) is 53.6 Å². The number of hydrogen-bond donors (Lipinski definition) is 3. The number of nitrogens with two attached hydrogens (primary N) is 1. The van der Waals surface area contributed by atoms with E-state index in [-0.39, 0.29) is 22.8 Å². The SMILES string of the molecule is CCC(c1nc2cccc(F)c2c(=O)n1C1CC1)n1nc(-c2ccc(C(O)NC)cc2)c2c(N)ncnc21. The summed E-state index contributed by atoms with van der Waals surface area (Å²) in [6, 6.07) is 11.3. The maximum Gasteiger partial charge on any atom is 0.264 e. The second-order valence-electron chi connectivity index (χ2n) is 9.50. The summed E-state index contributed by atoms with van der Waals surface area (Å²) < 4.78 is 18.0. The Kier molecular flexibility index (Phi) is 5.88. The van der Waals surface area contributed by atoms with E-state index in [0.29, 0.717) is 40.1 Å². The van der Waals surface area contributed by atoms with Gasteiger partial charge in [0.05, 0.1) is 10.9 Å². The molecule has 0 spiro atoms. The van der Waals surface area contributed by atoms with Crippen LogP contribution in [0.1, 0.15) is 55.9 Å². The second kappa shape index (κ2) is 9.26. The van der Waals surface area contributed by atoms with Gasteiger partial charge in [-0.3, -0.25) is 14.7 Å². The number of anilines is 1. The highest BCUT2D eigenvalue weighted by Crippen LogP contribution is 2.39. The lowest BCUT2D eigenvalue weighted by molar-refractivity contribution is 0.149. The van der Waals surface area contributed by atoms with Crippen molar-refractivity contribution in [1.82, 2.24) is 34.6 Å². The summed E-state index contributed by atoms with van der Waals surface area (Å²) in [7, 11) is 1.67. The first kappa shape index (κ1) is 24.1. The molecule has 0 radical (unpaired) electrons. The van der Waals surface area contributed by atoms with Gasteiger partial charge in [-0.1, -0.05) is 37.3 Å². The lowest BCUT2D eigenvalue weighted by Gasteiger charge is -2.21. The van der Waals surface area contributed by atoms with Crippen LogP contribution in [-0.4, -0.2) is 41.5 Å². The Labute approximate surface area is 217 Å². The van der Waals surface area contributed by atoms with E-state index < -0.39 is 18.1 Å². The molecule has 4 N–H and O–H groups in total. The summed E-state index contributed by atoms with van der Waals surface area (Å²) in [6.45, 7) is 1.98. The first-order valence-electron chi connectivity index (χ1n) is 12.6. The Morgan fingerprint density at radius 2 is 1.92 bits per heavy atom. The Hall–Kier alpha value is -4.22. The van der Waals surface area contributed by atoms with Crippen molar-refractivity contribution in [2.75, 3.05) is 12.8 Å². The van der Waals surface area contributed by atoms with Gasteiger partial charge in [0.15, 0.2) is 5.65 Å². The molecule has 38 heavy (non-hydrogen) atoms. The van der Waals surface area contributed by atoms with Gasteiger partial charge >= 0.3 is 0 Å². The van der Waals surface area contributed by atoms with Crippen molar-refractivity contribution in [3.8, 4) is 11.3 Å². The van der Waals surface area contributed by atoms with Gasteiger partial charge < -0.3 is 10.8 Å². The summed E-state index contributed by atoms with van der Waals surface area (Å²) in [5.74, 6) is 0.213. The topological polar surface area (TPSA) is 137 Å². The van der Waals surface area contributed by atoms with Crippen LogP contribution in [0.4, 0.5) is 10.2 Å². The monoisotopic (exact) mass is 514 g/mol. The lowest BCUT2D eigenvalue weighted by atomic mass is 10.1. The van der Waals surface area contributed by atoms with Crippen molar-refractivity contribution in [2.24, 2.45) is 0 Å². The zero-order valence-electron chi connectivity index (χ0n) is 21.0. The van der Waals surface area contributed by atoms with Crippen LogP contribution in [0, 0.1) is 5.82 Å². The zero-order chi connectivity index (χ0) is 26.6. The van der Waals surface area contributed by atoms with E-state index in [1.807, 2.05) is 31.2 Å². The molecule has 0 bridgehead atoms.